The van der Waals surface area contributed by atoms with Crippen LogP contribution in [0.2, 0.25) is 5.02 Å². The number of thioether (sulfide) groups is 1. The standard InChI is InChI=1S/C19H32ClN5S/c1-19(2,26-5)14-23-18(21-3)22-13-15-16(20)7-6-8-17(15)25-11-9-24(4)10-12-25/h6-8H,9-14H2,1-5H3,(H2,21,22,23). The Labute approximate surface area is 167 Å². The molecule has 2 rings (SSSR count). The number of hydrogen-bond acceptors (Lipinski definition) is 4. The Balaban J connectivity index is 2.04. The molecular formula is C19H32ClN5S. The summed E-state index contributed by atoms with van der Waals surface area (Å²) in [6, 6.07) is 6.17. The Hall–Kier alpha value is -1.11. The Kier molecular flexibility index (Phi) is 7.92. The van der Waals surface area contributed by atoms with Crippen LogP contribution in [0, 0.1) is 0 Å². The largest absolute Gasteiger partial charge is 0.369 e. The van der Waals surface area contributed by atoms with Gasteiger partial charge in [-0.15, -0.1) is 0 Å². The Morgan fingerprint density at radius 2 is 1.92 bits per heavy atom. The zero-order valence-electron chi connectivity index (χ0n) is 16.6. The van der Waals surface area contributed by atoms with Crippen LogP contribution in [0.3, 0.4) is 0 Å². The minimum absolute atomic E-state index is 0.160. The molecule has 0 spiro atoms. The van der Waals surface area contributed by atoms with Gasteiger partial charge in [-0.1, -0.05) is 17.7 Å². The van der Waals surface area contributed by atoms with E-state index in [0.29, 0.717) is 6.54 Å². The number of hydrogen-bond donors (Lipinski definition) is 2. The van der Waals surface area contributed by atoms with E-state index in [1.165, 1.54) is 5.69 Å². The maximum Gasteiger partial charge on any atom is 0.191 e. The van der Waals surface area contributed by atoms with Crippen LogP contribution in [0.15, 0.2) is 23.2 Å². The highest BCUT2D eigenvalue weighted by atomic mass is 35.5. The third-order valence-electron chi connectivity index (χ3n) is 4.83. The van der Waals surface area contributed by atoms with Crippen molar-refractivity contribution in [1.82, 2.24) is 15.5 Å². The maximum absolute atomic E-state index is 6.54. The summed E-state index contributed by atoms with van der Waals surface area (Å²) in [6.45, 7) is 10.1. The van der Waals surface area contributed by atoms with Gasteiger partial charge in [0.15, 0.2) is 5.96 Å². The van der Waals surface area contributed by atoms with Gasteiger partial charge in [0.1, 0.15) is 0 Å². The molecule has 1 aromatic rings. The lowest BCUT2D eigenvalue weighted by Crippen LogP contribution is -2.45. The number of nitrogens with zero attached hydrogens (tertiary/aromatic N) is 3. The first-order chi connectivity index (χ1) is 12.4. The van der Waals surface area contributed by atoms with E-state index in [0.717, 1.165) is 49.3 Å². The molecule has 146 valence electrons. The normalized spacial score (nSPS) is 16.7. The molecule has 0 aliphatic carbocycles. The fourth-order valence-corrected chi connectivity index (χ4v) is 3.28. The first kappa shape index (κ1) is 21.2. The minimum Gasteiger partial charge on any atom is -0.369 e. The summed E-state index contributed by atoms with van der Waals surface area (Å²) in [7, 11) is 3.97. The van der Waals surface area contributed by atoms with Crippen molar-refractivity contribution in [3.63, 3.8) is 0 Å². The van der Waals surface area contributed by atoms with E-state index in [9.17, 15) is 0 Å². The predicted octanol–water partition coefficient (Wildman–Crippen LogP) is 2.90. The van der Waals surface area contributed by atoms with Crippen LogP contribution in [0.25, 0.3) is 0 Å². The summed E-state index contributed by atoms with van der Waals surface area (Å²) in [4.78, 5) is 9.13. The average molecular weight is 398 g/mol. The highest BCUT2D eigenvalue weighted by Crippen LogP contribution is 2.28. The summed E-state index contributed by atoms with van der Waals surface area (Å²) in [5.41, 5.74) is 2.35. The van der Waals surface area contributed by atoms with Crippen LogP contribution in [0.5, 0.6) is 0 Å². The fourth-order valence-electron chi connectivity index (χ4n) is 2.83. The second-order valence-electron chi connectivity index (χ2n) is 7.27. The predicted molar refractivity (Wildman–Crippen MR) is 117 cm³/mol. The first-order valence-electron chi connectivity index (χ1n) is 9.07. The lowest BCUT2D eigenvalue weighted by atomic mass is 10.1. The van der Waals surface area contributed by atoms with Crippen molar-refractivity contribution in [3.05, 3.63) is 28.8 Å². The van der Waals surface area contributed by atoms with E-state index in [2.05, 4.69) is 58.6 Å². The van der Waals surface area contributed by atoms with Crippen molar-refractivity contribution in [2.45, 2.75) is 25.1 Å². The van der Waals surface area contributed by atoms with E-state index < -0.39 is 0 Å². The smallest absolute Gasteiger partial charge is 0.191 e. The van der Waals surface area contributed by atoms with Crippen LogP contribution in [0.1, 0.15) is 19.4 Å². The first-order valence-corrected chi connectivity index (χ1v) is 10.7. The molecule has 1 heterocycles. The number of aliphatic imine (C=N–C) groups is 1. The third-order valence-corrected chi connectivity index (χ3v) is 6.43. The van der Waals surface area contributed by atoms with Crippen molar-refractivity contribution >= 4 is 35.0 Å². The van der Waals surface area contributed by atoms with Crippen LogP contribution < -0.4 is 15.5 Å². The van der Waals surface area contributed by atoms with E-state index in [4.69, 9.17) is 11.6 Å². The van der Waals surface area contributed by atoms with Gasteiger partial charge in [0, 0.05) is 67.3 Å². The second kappa shape index (κ2) is 9.72. The van der Waals surface area contributed by atoms with Gasteiger partial charge in [0.25, 0.3) is 0 Å². The fraction of sp³-hybridized carbons (Fsp3) is 0.632. The van der Waals surface area contributed by atoms with Gasteiger partial charge in [-0.2, -0.15) is 11.8 Å². The summed E-state index contributed by atoms with van der Waals surface area (Å²) in [5, 5.41) is 7.63. The van der Waals surface area contributed by atoms with Crippen molar-refractivity contribution in [2.75, 3.05) is 58.0 Å². The lowest BCUT2D eigenvalue weighted by molar-refractivity contribution is 0.312. The quantitative estimate of drug-likeness (QED) is 0.570. The molecule has 0 unspecified atom stereocenters. The molecule has 0 amide bonds. The molecule has 0 atom stereocenters. The number of benzene rings is 1. The summed E-state index contributed by atoms with van der Waals surface area (Å²) in [5.74, 6) is 0.802. The number of guanidine groups is 1. The maximum atomic E-state index is 6.54. The van der Waals surface area contributed by atoms with Crippen molar-refractivity contribution < 1.29 is 0 Å². The van der Waals surface area contributed by atoms with E-state index in [1.807, 2.05) is 23.9 Å². The number of halogens is 1. The molecule has 0 aromatic heterocycles. The molecule has 7 heteroatoms. The average Bonchev–Trinajstić information content (AvgIpc) is 2.63. The third kappa shape index (κ3) is 5.96. The second-order valence-corrected chi connectivity index (χ2v) is 9.19. The topological polar surface area (TPSA) is 42.9 Å². The number of anilines is 1. The Bertz CT molecular complexity index is 612. The lowest BCUT2D eigenvalue weighted by Gasteiger charge is -2.35. The minimum atomic E-state index is 0.160. The number of likely N-dealkylation sites (N-methyl/N-ethyl adjacent to an activating group) is 1. The number of nitrogens with one attached hydrogen (secondary N) is 2. The summed E-state index contributed by atoms with van der Waals surface area (Å²) >= 11 is 8.38. The van der Waals surface area contributed by atoms with Crippen LogP contribution in [0.4, 0.5) is 5.69 Å². The molecule has 5 nitrogen and oxygen atoms in total. The van der Waals surface area contributed by atoms with Crippen LogP contribution in [-0.2, 0) is 6.54 Å². The van der Waals surface area contributed by atoms with E-state index in [-0.39, 0.29) is 4.75 Å². The van der Waals surface area contributed by atoms with Gasteiger partial charge < -0.3 is 20.4 Å². The van der Waals surface area contributed by atoms with Crippen molar-refractivity contribution in [3.8, 4) is 0 Å². The molecule has 1 saturated heterocycles. The van der Waals surface area contributed by atoms with Crippen LogP contribution >= 0.6 is 23.4 Å². The van der Waals surface area contributed by atoms with Gasteiger partial charge in [-0.3, -0.25) is 4.99 Å². The highest BCUT2D eigenvalue weighted by molar-refractivity contribution is 7.99. The van der Waals surface area contributed by atoms with E-state index in [1.54, 1.807) is 7.05 Å². The molecule has 1 aromatic carbocycles. The molecule has 0 radical (unpaired) electrons. The molecule has 1 fully saturated rings. The highest BCUT2D eigenvalue weighted by Gasteiger charge is 2.19. The molecule has 2 N–H and O–H groups in total. The SMILES string of the molecule is CN=C(NCc1c(Cl)cccc1N1CCN(C)CC1)NCC(C)(C)SC. The zero-order chi connectivity index (χ0) is 19.2. The molecule has 1 aliphatic rings. The Morgan fingerprint density at radius 3 is 2.54 bits per heavy atom. The molecule has 0 saturated carbocycles. The van der Waals surface area contributed by atoms with Gasteiger partial charge in [-0.25, -0.2) is 0 Å². The monoisotopic (exact) mass is 397 g/mol. The summed E-state index contributed by atoms with van der Waals surface area (Å²) < 4.78 is 0.160. The van der Waals surface area contributed by atoms with E-state index >= 15 is 0 Å². The molecule has 0 bridgehead atoms. The van der Waals surface area contributed by atoms with Crippen molar-refractivity contribution in [2.24, 2.45) is 4.99 Å². The number of rotatable bonds is 6. The van der Waals surface area contributed by atoms with Gasteiger partial charge in [-0.05, 0) is 39.3 Å². The van der Waals surface area contributed by atoms with Crippen molar-refractivity contribution in [1.29, 1.82) is 0 Å². The van der Waals surface area contributed by atoms with Gasteiger partial charge >= 0.3 is 0 Å². The van der Waals surface area contributed by atoms with Gasteiger partial charge in [0.05, 0.1) is 0 Å². The van der Waals surface area contributed by atoms with Gasteiger partial charge in [0.2, 0.25) is 0 Å². The molecule has 26 heavy (non-hydrogen) atoms. The molecule has 1 aliphatic heterocycles. The zero-order valence-corrected chi connectivity index (χ0v) is 18.2. The Morgan fingerprint density at radius 1 is 1.23 bits per heavy atom. The molecular weight excluding hydrogens is 366 g/mol. The summed E-state index contributed by atoms with van der Waals surface area (Å²) in [6.07, 6.45) is 2.13. The number of piperazine rings is 1. The van der Waals surface area contributed by atoms with Crippen LogP contribution in [-0.4, -0.2) is 68.7 Å².